The topological polar surface area (TPSA) is 102 Å². The number of nitrogens with zero attached hydrogens (tertiary/aromatic N) is 1. The summed E-state index contributed by atoms with van der Waals surface area (Å²) in [6, 6.07) is 19.3. The Hall–Kier alpha value is -3.81. The highest BCUT2D eigenvalue weighted by Gasteiger charge is 2.25. The number of carbonyl (C=O) groups excluding carboxylic acids is 1. The number of carboxylic acids is 1. The number of halogens is 2. The molecule has 0 saturated carbocycles. The predicted octanol–water partition coefficient (Wildman–Crippen LogP) is 6.06. The van der Waals surface area contributed by atoms with Gasteiger partial charge in [0.1, 0.15) is 23.6 Å². The molecule has 1 aromatic heterocycles. The number of ether oxygens (including phenoxy) is 1. The van der Waals surface area contributed by atoms with Gasteiger partial charge >= 0.3 is 5.97 Å². The number of hydrogen-bond donors (Lipinski definition) is 2. The summed E-state index contributed by atoms with van der Waals surface area (Å²) in [4.78, 5) is 24.3. The van der Waals surface area contributed by atoms with E-state index in [1.807, 2.05) is 31.2 Å². The van der Waals surface area contributed by atoms with E-state index in [-0.39, 0.29) is 31.0 Å². The van der Waals surface area contributed by atoms with Gasteiger partial charge in [0, 0.05) is 16.1 Å². The van der Waals surface area contributed by atoms with Crippen LogP contribution in [0.5, 0.6) is 5.75 Å². The van der Waals surface area contributed by atoms with Gasteiger partial charge in [-0.25, -0.2) is 0 Å². The molecule has 4 rings (SSSR count). The second-order valence-corrected chi connectivity index (χ2v) is 8.89. The van der Waals surface area contributed by atoms with Crippen LogP contribution in [0.3, 0.4) is 0 Å². The van der Waals surface area contributed by atoms with E-state index < -0.39 is 5.97 Å². The summed E-state index contributed by atoms with van der Waals surface area (Å²) in [5.74, 6) is -0.512. The fourth-order valence-corrected chi connectivity index (χ4v) is 4.11. The molecule has 1 amide bonds. The van der Waals surface area contributed by atoms with E-state index in [2.05, 4.69) is 10.5 Å². The second kappa shape index (κ2) is 11.3. The third kappa shape index (κ3) is 6.05. The standard InChI is InChI=1S/C27H22Cl2N2O5/c1-16-3-2-4-19(13-16)26-24(25(31-36-26)18-7-5-17(6-8-18)14-23(32)33)27(34)30-11-12-35-22-10-9-20(28)15-21(22)29/h2-10,13,15H,11-12,14H2,1H3,(H,30,34)(H,32,33). The summed E-state index contributed by atoms with van der Waals surface area (Å²) in [6.07, 6.45) is -0.0986. The lowest BCUT2D eigenvalue weighted by Gasteiger charge is -2.10. The van der Waals surface area contributed by atoms with Gasteiger partial charge in [-0.05, 0) is 36.8 Å². The van der Waals surface area contributed by atoms with Crippen molar-refractivity contribution in [3.05, 3.63) is 93.5 Å². The van der Waals surface area contributed by atoms with Crippen molar-refractivity contribution in [3.63, 3.8) is 0 Å². The van der Waals surface area contributed by atoms with E-state index in [9.17, 15) is 9.59 Å². The van der Waals surface area contributed by atoms with E-state index in [0.717, 1.165) is 5.56 Å². The minimum atomic E-state index is -0.923. The average molecular weight is 525 g/mol. The Labute approximate surface area is 217 Å². The van der Waals surface area contributed by atoms with Gasteiger partial charge in [0.25, 0.3) is 5.91 Å². The molecule has 4 aromatic rings. The first-order chi connectivity index (χ1) is 17.3. The Morgan fingerprint density at radius 1 is 1.03 bits per heavy atom. The quantitative estimate of drug-likeness (QED) is 0.258. The molecule has 0 aliphatic rings. The first kappa shape index (κ1) is 25.3. The molecule has 0 fully saturated rings. The number of rotatable bonds is 9. The van der Waals surface area contributed by atoms with Crippen molar-refractivity contribution in [2.24, 2.45) is 0 Å². The van der Waals surface area contributed by atoms with E-state index in [4.69, 9.17) is 37.6 Å². The minimum absolute atomic E-state index is 0.0986. The molecule has 0 saturated heterocycles. The number of aromatic nitrogens is 1. The van der Waals surface area contributed by atoms with Gasteiger partial charge in [-0.1, -0.05) is 76.4 Å². The fourth-order valence-electron chi connectivity index (χ4n) is 3.64. The number of amides is 1. The van der Waals surface area contributed by atoms with Crippen LogP contribution in [0.15, 0.2) is 71.3 Å². The highest BCUT2D eigenvalue weighted by molar-refractivity contribution is 6.35. The van der Waals surface area contributed by atoms with Crippen molar-refractivity contribution < 1.29 is 24.0 Å². The highest BCUT2D eigenvalue weighted by atomic mass is 35.5. The van der Waals surface area contributed by atoms with Crippen LogP contribution >= 0.6 is 23.2 Å². The molecular formula is C27H22Cl2N2O5. The van der Waals surface area contributed by atoms with Crippen molar-refractivity contribution in [3.8, 4) is 28.3 Å². The molecule has 36 heavy (non-hydrogen) atoms. The monoisotopic (exact) mass is 524 g/mol. The number of carbonyl (C=O) groups is 2. The zero-order chi connectivity index (χ0) is 25.7. The number of carboxylic acid groups (broad SMARTS) is 1. The molecule has 184 valence electrons. The fraction of sp³-hybridized carbons (Fsp3) is 0.148. The molecular weight excluding hydrogens is 503 g/mol. The Morgan fingerprint density at radius 2 is 1.81 bits per heavy atom. The van der Waals surface area contributed by atoms with E-state index in [1.54, 1.807) is 42.5 Å². The Balaban J connectivity index is 1.57. The van der Waals surface area contributed by atoms with Gasteiger partial charge in [0.2, 0.25) is 0 Å². The van der Waals surface area contributed by atoms with Gasteiger partial charge < -0.3 is 19.7 Å². The van der Waals surface area contributed by atoms with Gasteiger partial charge in [0.05, 0.1) is 18.0 Å². The van der Waals surface area contributed by atoms with Crippen LogP contribution in [0, 0.1) is 6.92 Å². The van der Waals surface area contributed by atoms with Crippen LogP contribution in [-0.2, 0) is 11.2 Å². The summed E-state index contributed by atoms with van der Waals surface area (Å²) in [5.41, 5.74) is 3.61. The molecule has 0 spiro atoms. The third-order valence-electron chi connectivity index (χ3n) is 5.32. The molecule has 0 bridgehead atoms. The lowest BCUT2D eigenvalue weighted by atomic mass is 9.99. The second-order valence-electron chi connectivity index (χ2n) is 8.05. The summed E-state index contributed by atoms with van der Waals surface area (Å²) in [7, 11) is 0. The first-order valence-electron chi connectivity index (χ1n) is 11.1. The SMILES string of the molecule is Cc1cccc(-c2onc(-c3ccc(CC(=O)O)cc3)c2C(=O)NCCOc2ccc(Cl)cc2Cl)c1. The molecule has 0 radical (unpaired) electrons. The molecule has 7 nitrogen and oxygen atoms in total. The molecule has 9 heteroatoms. The first-order valence-corrected chi connectivity index (χ1v) is 11.8. The van der Waals surface area contributed by atoms with Crippen molar-refractivity contribution in [1.82, 2.24) is 10.5 Å². The maximum atomic E-state index is 13.3. The molecule has 1 heterocycles. The predicted molar refractivity (Wildman–Crippen MR) is 138 cm³/mol. The summed E-state index contributed by atoms with van der Waals surface area (Å²) >= 11 is 12.0. The maximum Gasteiger partial charge on any atom is 0.307 e. The third-order valence-corrected chi connectivity index (χ3v) is 5.85. The zero-order valence-corrected chi connectivity index (χ0v) is 20.8. The van der Waals surface area contributed by atoms with Crippen LogP contribution in [-0.4, -0.2) is 35.3 Å². The molecule has 3 aromatic carbocycles. The molecule has 0 unspecified atom stereocenters. The van der Waals surface area contributed by atoms with Crippen LogP contribution in [0.4, 0.5) is 0 Å². The van der Waals surface area contributed by atoms with Crippen LogP contribution in [0.2, 0.25) is 10.0 Å². The normalized spacial score (nSPS) is 10.8. The number of benzene rings is 3. The minimum Gasteiger partial charge on any atom is -0.490 e. The molecule has 0 atom stereocenters. The number of nitrogens with one attached hydrogen (secondary N) is 1. The lowest BCUT2D eigenvalue weighted by Crippen LogP contribution is -2.28. The van der Waals surface area contributed by atoms with E-state index in [1.165, 1.54) is 0 Å². The number of aliphatic carboxylic acids is 1. The van der Waals surface area contributed by atoms with E-state index >= 15 is 0 Å². The maximum absolute atomic E-state index is 13.3. The van der Waals surface area contributed by atoms with Crippen LogP contribution < -0.4 is 10.1 Å². The summed E-state index contributed by atoms with van der Waals surface area (Å²) < 4.78 is 11.3. The van der Waals surface area contributed by atoms with Crippen LogP contribution in [0.1, 0.15) is 21.5 Å². The summed E-state index contributed by atoms with van der Waals surface area (Å²) in [6.45, 7) is 2.32. The van der Waals surface area contributed by atoms with Gasteiger partial charge in [-0.15, -0.1) is 0 Å². The lowest BCUT2D eigenvalue weighted by molar-refractivity contribution is -0.136. The largest absolute Gasteiger partial charge is 0.490 e. The Kier molecular flexibility index (Phi) is 7.93. The highest BCUT2D eigenvalue weighted by Crippen LogP contribution is 2.33. The van der Waals surface area contributed by atoms with Crippen molar-refractivity contribution in [2.45, 2.75) is 13.3 Å². The smallest absolute Gasteiger partial charge is 0.307 e. The van der Waals surface area contributed by atoms with Gasteiger partial charge in [-0.3, -0.25) is 9.59 Å². The molecule has 2 N–H and O–H groups in total. The number of aryl methyl sites for hydroxylation is 1. The Bertz CT molecular complexity index is 1400. The Morgan fingerprint density at radius 3 is 2.50 bits per heavy atom. The van der Waals surface area contributed by atoms with Gasteiger partial charge in [-0.2, -0.15) is 0 Å². The van der Waals surface area contributed by atoms with Crippen molar-refractivity contribution in [2.75, 3.05) is 13.2 Å². The van der Waals surface area contributed by atoms with Crippen LogP contribution in [0.25, 0.3) is 22.6 Å². The number of hydrogen-bond acceptors (Lipinski definition) is 5. The average Bonchev–Trinajstić information content (AvgIpc) is 3.28. The summed E-state index contributed by atoms with van der Waals surface area (Å²) in [5, 5.41) is 16.9. The van der Waals surface area contributed by atoms with Crippen molar-refractivity contribution in [1.29, 1.82) is 0 Å². The van der Waals surface area contributed by atoms with Gasteiger partial charge in [0.15, 0.2) is 5.76 Å². The zero-order valence-electron chi connectivity index (χ0n) is 19.3. The molecule has 0 aliphatic heterocycles. The van der Waals surface area contributed by atoms with E-state index in [0.29, 0.717) is 43.9 Å². The molecule has 0 aliphatic carbocycles. The van der Waals surface area contributed by atoms with Crippen molar-refractivity contribution >= 4 is 35.1 Å².